The van der Waals surface area contributed by atoms with Crippen LogP contribution in [0.2, 0.25) is 0 Å². The lowest BCUT2D eigenvalue weighted by Crippen LogP contribution is -2.31. The molecular formula is C15H23FN2O2. The summed E-state index contributed by atoms with van der Waals surface area (Å²) >= 11 is 0. The monoisotopic (exact) mass is 282 g/mol. The summed E-state index contributed by atoms with van der Waals surface area (Å²) in [5.41, 5.74) is 5.85. The van der Waals surface area contributed by atoms with Crippen LogP contribution in [0.1, 0.15) is 38.7 Å². The van der Waals surface area contributed by atoms with Gasteiger partial charge in [0.05, 0.1) is 6.61 Å². The van der Waals surface area contributed by atoms with E-state index in [4.69, 9.17) is 15.7 Å². The van der Waals surface area contributed by atoms with E-state index in [2.05, 4.69) is 5.16 Å². The van der Waals surface area contributed by atoms with Crippen molar-refractivity contribution >= 4 is 5.84 Å². The Morgan fingerprint density at radius 3 is 2.75 bits per heavy atom. The molecule has 3 N–H and O–H groups in total. The lowest BCUT2D eigenvalue weighted by Gasteiger charge is -2.22. The second-order valence-electron chi connectivity index (χ2n) is 5.56. The van der Waals surface area contributed by atoms with Crippen LogP contribution in [0.5, 0.6) is 5.75 Å². The summed E-state index contributed by atoms with van der Waals surface area (Å²) in [6, 6.07) is 5.11. The Labute approximate surface area is 119 Å². The third kappa shape index (κ3) is 4.40. The number of nitrogens with zero attached hydrogens (tertiary/aromatic N) is 1. The van der Waals surface area contributed by atoms with Crippen LogP contribution >= 0.6 is 0 Å². The van der Waals surface area contributed by atoms with Crippen LogP contribution in [-0.2, 0) is 0 Å². The molecule has 1 aromatic rings. The number of unbranched alkanes of at least 4 members (excludes halogenated alkanes) is 1. The summed E-state index contributed by atoms with van der Waals surface area (Å²) in [6.45, 7) is 6.00. The molecule has 0 saturated carbocycles. The highest BCUT2D eigenvalue weighted by atomic mass is 19.1. The fraction of sp³-hybridized carbons (Fsp3) is 0.533. The van der Waals surface area contributed by atoms with Crippen molar-refractivity contribution in [3.8, 4) is 5.75 Å². The summed E-state index contributed by atoms with van der Waals surface area (Å²) < 4.78 is 19.1. The molecule has 20 heavy (non-hydrogen) atoms. The Bertz CT molecular complexity index is 473. The van der Waals surface area contributed by atoms with Crippen LogP contribution in [0, 0.1) is 18.2 Å². The molecular weight excluding hydrogens is 259 g/mol. The van der Waals surface area contributed by atoms with Gasteiger partial charge in [-0.05, 0) is 37.8 Å². The minimum atomic E-state index is -0.344. The van der Waals surface area contributed by atoms with Gasteiger partial charge >= 0.3 is 0 Å². The Morgan fingerprint density at radius 1 is 1.40 bits per heavy atom. The van der Waals surface area contributed by atoms with Crippen LogP contribution in [0.3, 0.4) is 0 Å². The smallest absolute Gasteiger partial charge is 0.167 e. The van der Waals surface area contributed by atoms with Crippen LogP contribution in [-0.4, -0.2) is 17.6 Å². The van der Waals surface area contributed by atoms with E-state index in [1.807, 2.05) is 13.8 Å². The number of amidine groups is 1. The number of rotatable bonds is 7. The van der Waals surface area contributed by atoms with Gasteiger partial charge in [-0.1, -0.05) is 31.1 Å². The average Bonchev–Trinajstić information content (AvgIpc) is 2.41. The van der Waals surface area contributed by atoms with E-state index in [0.29, 0.717) is 17.9 Å². The van der Waals surface area contributed by atoms with Gasteiger partial charge in [-0.25, -0.2) is 4.39 Å². The number of ether oxygens (including phenoxy) is 1. The summed E-state index contributed by atoms with van der Waals surface area (Å²) in [5, 5.41) is 11.7. The van der Waals surface area contributed by atoms with Crippen LogP contribution in [0.15, 0.2) is 23.4 Å². The van der Waals surface area contributed by atoms with Crippen molar-refractivity contribution in [1.29, 1.82) is 0 Å². The molecule has 1 rings (SSSR count). The van der Waals surface area contributed by atoms with Crippen molar-refractivity contribution in [2.75, 3.05) is 6.61 Å². The zero-order valence-corrected chi connectivity index (χ0v) is 12.3. The summed E-state index contributed by atoms with van der Waals surface area (Å²) in [5.74, 6) is 0.216. The SMILES string of the molecule is Cc1cccc(OCCCCC(C)(C)/C(N)=N/O)c1F. The molecule has 1 aromatic carbocycles. The summed E-state index contributed by atoms with van der Waals surface area (Å²) in [7, 11) is 0. The number of hydrogen-bond donors (Lipinski definition) is 2. The van der Waals surface area contributed by atoms with Gasteiger partial charge in [0.15, 0.2) is 11.6 Å². The zero-order chi connectivity index (χ0) is 15.2. The second-order valence-corrected chi connectivity index (χ2v) is 5.56. The van der Waals surface area contributed by atoms with Gasteiger partial charge in [0, 0.05) is 5.41 Å². The molecule has 112 valence electrons. The number of oxime groups is 1. The van der Waals surface area contributed by atoms with E-state index < -0.39 is 0 Å². The maximum absolute atomic E-state index is 13.7. The molecule has 0 saturated heterocycles. The molecule has 0 radical (unpaired) electrons. The predicted octanol–water partition coefficient (Wildman–Crippen LogP) is 3.46. The number of halogens is 1. The zero-order valence-electron chi connectivity index (χ0n) is 12.3. The highest BCUT2D eigenvalue weighted by molar-refractivity contribution is 5.85. The Kier molecular flexibility index (Phi) is 5.80. The first-order valence-electron chi connectivity index (χ1n) is 6.74. The molecule has 0 heterocycles. The minimum Gasteiger partial charge on any atom is -0.491 e. The lowest BCUT2D eigenvalue weighted by atomic mass is 9.86. The maximum Gasteiger partial charge on any atom is 0.167 e. The molecule has 0 aliphatic carbocycles. The van der Waals surface area contributed by atoms with Gasteiger partial charge < -0.3 is 15.7 Å². The highest BCUT2D eigenvalue weighted by Crippen LogP contribution is 2.24. The molecule has 0 atom stereocenters. The predicted molar refractivity (Wildman–Crippen MR) is 77.7 cm³/mol. The molecule has 5 heteroatoms. The van der Waals surface area contributed by atoms with E-state index >= 15 is 0 Å². The molecule has 4 nitrogen and oxygen atoms in total. The van der Waals surface area contributed by atoms with Gasteiger partial charge in [0.1, 0.15) is 5.84 Å². The number of benzene rings is 1. The largest absolute Gasteiger partial charge is 0.491 e. The van der Waals surface area contributed by atoms with E-state index in [1.54, 1.807) is 25.1 Å². The van der Waals surface area contributed by atoms with Crippen molar-refractivity contribution < 1.29 is 14.3 Å². The average molecular weight is 282 g/mol. The Hall–Kier alpha value is -1.78. The minimum absolute atomic E-state index is 0.225. The van der Waals surface area contributed by atoms with E-state index in [1.165, 1.54) is 0 Å². The van der Waals surface area contributed by atoms with Gasteiger partial charge in [-0.3, -0.25) is 0 Å². The van der Waals surface area contributed by atoms with Gasteiger partial charge in [0.2, 0.25) is 0 Å². The lowest BCUT2D eigenvalue weighted by molar-refractivity contribution is 0.279. The molecule has 0 fully saturated rings. The van der Waals surface area contributed by atoms with Gasteiger partial charge in [0.25, 0.3) is 0 Å². The third-order valence-electron chi connectivity index (χ3n) is 3.41. The molecule has 0 amide bonds. The molecule has 0 aromatic heterocycles. The Morgan fingerprint density at radius 2 is 2.10 bits per heavy atom. The van der Waals surface area contributed by atoms with Gasteiger partial charge in [-0.2, -0.15) is 0 Å². The quantitative estimate of drug-likeness (QED) is 0.264. The number of hydrogen-bond acceptors (Lipinski definition) is 3. The van der Waals surface area contributed by atoms with Crippen LogP contribution < -0.4 is 10.5 Å². The topological polar surface area (TPSA) is 67.8 Å². The van der Waals surface area contributed by atoms with Crippen molar-refractivity contribution in [2.24, 2.45) is 16.3 Å². The first-order valence-corrected chi connectivity index (χ1v) is 6.74. The fourth-order valence-corrected chi connectivity index (χ4v) is 1.85. The summed E-state index contributed by atoms with van der Waals surface area (Å²) in [6.07, 6.45) is 2.43. The molecule has 0 spiro atoms. The number of aryl methyl sites for hydroxylation is 1. The summed E-state index contributed by atoms with van der Waals surface area (Å²) in [4.78, 5) is 0. The van der Waals surface area contributed by atoms with E-state index in [9.17, 15) is 4.39 Å². The van der Waals surface area contributed by atoms with Crippen LogP contribution in [0.4, 0.5) is 4.39 Å². The van der Waals surface area contributed by atoms with Crippen molar-refractivity contribution in [2.45, 2.75) is 40.0 Å². The van der Waals surface area contributed by atoms with Crippen molar-refractivity contribution in [1.82, 2.24) is 0 Å². The van der Waals surface area contributed by atoms with Crippen molar-refractivity contribution in [3.05, 3.63) is 29.6 Å². The van der Waals surface area contributed by atoms with E-state index in [0.717, 1.165) is 19.3 Å². The standard InChI is InChI=1S/C15H23FN2O2/c1-11-7-6-8-12(13(11)16)20-10-5-4-9-15(2,3)14(17)18-19/h6-8,19H,4-5,9-10H2,1-3H3,(H2,17,18). The third-order valence-corrected chi connectivity index (χ3v) is 3.41. The second kappa shape index (κ2) is 7.12. The maximum atomic E-state index is 13.7. The van der Waals surface area contributed by atoms with Gasteiger partial charge in [-0.15, -0.1) is 0 Å². The Balaban J connectivity index is 2.34. The first-order chi connectivity index (χ1) is 9.38. The fourth-order valence-electron chi connectivity index (χ4n) is 1.85. The number of nitrogens with two attached hydrogens (primary N) is 1. The van der Waals surface area contributed by atoms with Crippen molar-refractivity contribution in [3.63, 3.8) is 0 Å². The molecule has 0 unspecified atom stereocenters. The highest BCUT2D eigenvalue weighted by Gasteiger charge is 2.22. The van der Waals surface area contributed by atoms with Crippen LogP contribution in [0.25, 0.3) is 0 Å². The first kappa shape index (κ1) is 16.3. The molecule has 0 aliphatic heterocycles. The normalized spacial score (nSPS) is 12.5. The molecule has 0 bridgehead atoms. The van der Waals surface area contributed by atoms with E-state index in [-0.39, 0.29) is 17.1 Å². The molecule has 0 aliphatic rings.